The van der Waals surface area contributed by atoms with Crippen molar-refractivity contribution in [1.29, 1.82) is 0 Å². The van der Waals surface area contributed by atoms with E-state index in [4.69, 9.17) is 16.0 Å². The number of aromatic amines is 1. The smallest absolute Gasteiger partial charge is 0.190 e. The topological polar surface area (TPSA) is 46.2 Å². The number of hydrogen-bond donors (Lipinski definition) is 1. The number of rotatable bonds is 2. The van der Waals surface area contributed by atoms with Crippen LogP contribution in [0.1, 0.15) is 0 Å². The third-order valence-electron chi connectivity index (χ3n) is 5.53. The normalized spacial score (nSPS) is 11.4. The zero-order chi connectivity index (χ0) is 20.9. The van der Waals surface area contributed by atoms with E-state index < -0.39 is 0 Å². The molecule has 0 unspecified atom stereocenters. The number of nitrogens with one attached hydrogen (secondary N) is 1. The molecule has 6 aromatic rings. The fourth-order valence-electron chi connectivity index (χ4n) is 4.06. The first-order valence-electron chi connectivity index (χ1n) is 9.79. The fourth-order valence-corrected chi connectivity index (χ4v) is 4.06. The number of para-hydroxylation sites is 2. The van der Waals surface area contributed by atoms with Crippen LogP contribution in [0, 0.1) is 12.4 Å². The highest BCUT2D eigenvalue weighted by Gasteiger charge is 2.18. The van der Waals surface area contributed by atoms with E-state index in [1.807, 2.05) is 48.5 Å². The van der Waals surface area contributed by atoms with Crippen molar-refractivity contribution < 1.29 is 8.81 Å². The van der Waals surface area contributed by atoms with E-state index in [-0.39, 0.29) is 5.82 Å². The molecule has 0 amide bonds. The predicted molar refractivity (Wildman–Crippen MR) is 120 cm³/mol. The number of halogens is 1. The molecule has 0 spiro atoms. The first kappa shape index (κ1) is 17.4. The van der Waals surface area contributed by atoms with Gasteiger partial charge in [0.25, 0.3) is 0 Å². The van der Waals surface area contributed by atoms with E-state index in [0.717, 1.165) is 32.9 Å². The van der Waals surface area contributed by atoms with Crippen molar-refractivity contribution in [3.05, 3.63) is 96.1 Å². The summed E-state index contributed by atoms with van der Waals surface area (Å²) in [5, 5.41) is 1.75. The van der Waals surface area contributed by atoms with Crippen LogP contribution in [0.15, 0.2) is 83.3 Å². The Bertz CT molecular complexity index is 1640. The van der Waals surface area contributed by atoms with Crippen LogP contribution in [-0.2, 0) is 0 Å². The molecule has 0 aliphatic rings. The molecule has 0 saturated heterocycles. The molecule has 0 fully saturated rings. The van der Waals surface area contributed by atoms with Gasteiger partial charge in [-0.25, -0.2) is 14.2 Å². The summed E-state index contributed by atoms with van der Waals surface area (Å²) in [6.45, 7) is 7.25. The van der Waals surface area contributed by atoms with Crippen molar-refractivity contribution >= 4 is 38.7 Å². The molecule has 0 atom stereocenters. The van der Waals surface area contributed by atoms with E-state index in [9.17, 15) is 4.39 Å². The van der Waals surface area contributed by atoms with Gasteiger partial charge < -0.3 is 9.40 Å². The molecular formula is C26H14FN3O. The third kappa shape index (κ3) is 2.70. The van der Waals surface area contributed by atoms with Crippen LogP contribution < -0.4 is 0 Å². The van der Waals surface area contributed by atoms with Gasteiger partial charge in [-0.1, -0.05) is 42.5 Å². The Morgan fingerprint density at radius 2 is 1.61 bits per heavy atom. The maximum Gasteiger partial charge on any atom is 0.190 e. The molecule has 0 aliphatic carbocycles. The largest absolute Gasteiger partial charge is 0.457 e. The SMILES string of the molecule is [C-]#[N+]c1ccc2c(c1)oc1cc(-c3nc4ccccc4[nH]3)c(-c3ccccc3F)cc12. The molecule has 6 rings (SSSR count). The lowest BCUT2D eigenvalue weighted by Gasteiger charge is -2.09. The van der Waals surface area contributed by atoms with Gasteiger partial charge in [0, 0.05) is 21.9 Å². The summed E-state index contributed by atoms with van der Waals surface area (Å²) in [5.74, 6) is 0.339. The summed E-state index contributed by atoms with van der Waals surface area (Å²) < 4.78 is 20.9. The van der Waals surface area contributed by atoms with Crippen molar-refractivity contribution in [2.24, 2.45) is 0 Å². The van der Waals surface area contributed by atoms with Gasteiger partial charge in [0.15, 0.2) is 5.69 Å². The van der Waals surface area contributed by atoms with E-state index >= 15 is 0 Å². The highest BCUT2D eigenvalue weighted by molar-refractivity contribution is 6.09. The molecule has 0 aliphatic heterocycles. The highest BCUT2D eigenvalue weighted by atomic mass is 19.1. The van der Waals surface area contributed by atoms with Gasteiger partial charge in [-0.3, -0.25) is 0 Å². The number of hydrogen-bond acceptors (Lipinski definition) is 2. The molecule has 5 heteroatoms. The van der Waals surface area contributed by atoms with E-state index in [1.54, 1.807) is 24.3 Å². The van der Waals surface area contributed by atoms with Crippen LogP contribution in [0.25, 0.3) is 60.3 Å². The van der Waals surface area contributed by atoms with Crippen LogP contribution in [-0.4, -0.2) is 9.97 Å². The maximum absolute atomic E-state index is 14.8. The lowest BCUT2D eigenvalue weighted by atomic mass is 9.96. The number of nitrogens with zero attached hydrogens (tertiary/aromatic N) is 2. The Labute approximate surface area is 176 Å². The van der Waals surface area contributed by atoms with Gasteiger partial charge in [-0.15, -0.1) is 0 Å². The molecule has 0 saturated carbocycles. The highest BCUT2D eigenvalue weighted by Crippen LogP contribution is 2.40. The van der Waals surface area contributed by atoms with Crippen molar-refractivity contribution in [2.45, 2.75) is 0 Å². The molecule has 146 valence electrons. The van der Waals surface area contributed by atoms with Gasteiger partial charge in [0.1, 0.15) is 22.8 Å². The van der Waals surface area contributed by atoms with Gasteiger partial charge in [0.05, 0.1) is 17.6 Å². The van der Waals surface area contributed by atoms with E-state index in [0.29, 0.717) is 28.2 Å². The zero-order valence-electron chi connectivity index (χ0n) is 16.2. The number of furan rings is 1. The molecule has 2 aromatic heterocycles. The summed E-state index contributed by atoms with van der Waals surface area (Å²) in [4.78, 5) is 11.6. The molecule has 0 radical (unpaired) electrons. The Kier molecular flexibility index (Phi) is 3.68. The summed E-state index contributed by atoms with van der Waals surface area (Å²) >= 11 is 0. The quantitative estimate of drug-likeness (QED) is 0.305. The van der Waals surface area contributed by atoms with Gasteiger partial charge in [0.2, 0.25) is 0 Å². The molecule has 1 N–H and O–H groups in total. The van der Waals surface area contributed by atoms with Crippen LogP contribution in [0.2, 0.25) is 0 Å². The van der Waals surface area contributed by atoms with Crippen molar-refractivity contribution in [1.82, 2.24) is 9.97 Å². The number of benzene rings is 4. The van der Waals surface area contributed by atoms with Gasteiger partial charge >= 0.3 is 0 Å². The standard InChI is InChI=1S/C26H14FN3O/c1-28-15-10-11-17-19-13-18(16-6-2-3-7-21(16)27)20(14-25(19)31-24(17)12-15)26-29-22-8-4-5-9-23(22)30-26/h2-14H,(H,29,30). The Morgan fingerprint density at radius 3 is 2.45 bits per heavy atom. The minimum absolute atomic E-state index is 0.303. The minimum atomic E-state index is -0.303. The summed E-state index contributed by atoms with van der Waals surface area (Å²) in [6, 6.07) is 23.7. The molecule has 2 heterocycles. The second kappa shape index (κ2) is 6.54. The van der Waals surface area contributed by atoms with Crippen LogP contribution >= 0.6 is 0 Å². The molecule has 4 aromatic carbocycles. The van der Waals surface area contributed by atoms with Gasteiger partial charge in [-0.05, 0) is 42.0 Å². The molecular weight excluding hydrogens is 389 g/mol. The Balaban J connectivity index is 1.71. The lowest BCUT2D eigenvalue weighted by molar-refractivity contribution is 0.631. The number of fused-ring (bicyclic) bond motifs is 4. The fraction of sp³-hybridized carbons (Fsp3) is 0. The molecule has 4 nitrogen and oxygen atoms in total. The molecule has 0 bridgehead atoms. The summed E-state index contributed by atoms with van der Waals surface area (Å²) in [6.07, 6.45) is 0. The van der Waals surface area contributed by atoms with E-state index in [2.05, 4.69) is 9.83 Å². The second-order valence-corrected chi connectivity index (χ2v) is 7.37. The van der Waals surface area contributed by atoms with Gasteiger partial charge in [-0.2, -0.15) is 0 Å². The number of H-pyrrole nitrogens is 1. The van der Waals surface area contributed by atoms with Crippen molar-refractivity contribution in [3.63, 3.8) is 0 Å². The average Bonchev–Trinajstić information content (AvgIpc) is 3.39. The predicted octanol–water partition coefficient (Wildman–Crippen LogP) is 7.49. The monoisotopic (exact) mass is 403 g/mol. The average molecular weight is 403 g/mol. The summed E-state index contributed by atoms with van der Waals surface area (Å²) in [5.41, 5.74) is 5.51. The van der Waals surface area contributed by atoms with Crippen molar-refractivity contribution in [2.75, 3.05) is 0 Å². The minimum Gasteiger partial charge on any atom is -0.457 e. The van der Waals surface area contributed by atoms with Crippen LogP contribution in [0.5, 0.6) is 0 Å². The van der Waals surface area contributed by atoms with Crippen molar-refractivity contribution in [3.8, 4) is 22.5 Å². The Morgan fingerprint density at radius 1 is 0.806 bits per heavy atom. The molecule has 31 heavy (non-hydrogen) atoms. The van der Waals surface area contributed by atoms with Crippen LogP contribution in [0.3, 0.4) is 0 Å². The second-order valence-electron chi connectivity index (χ2n) is 7.37. The first-order chi connectivity index (χ1) is 15.2. The third-order valence-corrected chi connectivity index (χ3v) is 5.53. The number of aromatic nitrogens is 2. The number of imidazole rings is 1. The maximum atomic E-state index is 14.8. The zero-order valence-corrected chi connectivity index (χ0v) is 16.2. The van der Waals surface area contributed by atoms with E-state index in [1.165, 1.54) is 6.07 Å². The van der Waals surface area contributed by atoms with Crippen LogP contribution in [0.4, 0.5) is 10.1 Å². The lowest BCUT2D eigenvalue weighted by Crippen LogP contribution is -1.90. The summed E-state index contributed by atoms with van der Waals surface area (Å²) in [7, 11) is 0. The Hall–Kier alpha value is -4.43. The first-order valence-corrected chi connectivity index (χ1v) is 9.79.